The molecule has 136 valence electrons. The Morgan fingerprint density at radius 3 is 2.85 bits per heavy atom. The highest BCUT2D eigenvalue weighted by Crippen LogP contribution is 2.16. The third kappa shape index (κ3) is 3.99. The van der Waals surface area contributed by atoms with Crippen LogP contribution < -0.4 is 10.1 Å². The van der Waals surface area contributed by atoms with Gasteiger partial charge in [0.1, 0.15) is 18.7 Å². The van der Waals surface area contributed by atoms with E-state index in [2.05, 4.69) is 20.4 Å². The van der Waals surface area contributed by atoms with Gasteiger partial charge in [-0.15, -0.1) is 0 Å². The first-order valence-corrected chi connectivity index (χ1v) is 8.67. The molecule has 0 bridgehead atoms. The zero-order valence-corrected chi connectivity index (χ0v) is 15.3. The number of carbonyl (C=O) groups excluding carboxylic acids is 1. The Bertz CT molecular complexity index is 919. The number of fused-ring (bicyclic) bond motifs is 1. The summed E-state index contributed by atoms with van der Waals surface area (Å²) in [6, 6.07) is 7.83. The quantitative estimate of drug-likeness (QED) is 0.659. The van der Waals surface area contributed by atoms with E-state index in [9.17, 15) is 4.79 Å². The molecule has 0 saturated carbocycles. The second-order valence-electron chi connectivity index (χ2n) is 6.20. The van der Waals surface area contributed by atoms with E-state index in [1.165, 1.54) is 6.33 Å². The van der Waals surface area contributed by atoms with Gasteiger partial charge in [0.15, 0.2) is 0 Å². The smallest absolute Gasteiger partial charge is 0.252 e. The summed E-state index contributed by atoms with van der Waals surface area (Å²) >= 11 is 0. The summed E-state index contributed by atoms with van der Waals surface area (Å²) in [6.45, 7) is 6.83. The van der Waals surface area contributed by atoms with Crippen molar-refractivity contribution in [1.29, 1.82) is 0 Å². The molecule has 26 heavy (non-hydrogen) atoms. The molecule has 0 atom stereocenters. The zero-order chi connectivity index (χ0) is 18.5. The van der Waals surface area contributed by atoms with Crippen LogP contribution in [0, 0.1) is 20.8 Å². The van der Waals surface area contributed by atoms with Gasteiger partial charge in [-0.2, -0.15) is 10.1 Å². The number of aromatic nitrogens is 4. The van der Waals surface area contributed by atoms with E-state index in [4.69, 9.17) is 4.74 Å². The second-order valence-corrected chi connectivity index (χ2v) is 6.20. The maximum atomic E-state index is 12.1. The van der Waals surface area contributed by atoms with Crippen molar-refractivity contribution in [3.05, 3.63) is 53.1 Å². The van der Waals surface area contributed by atoms with Gasteiger partial charge < -0.3 is 10.1 Å². The van der Waals surface area contributed by atoms with Crippen molar-refractivity contribution in [2.75, 3.05) is 13.2 Å². The lowest BCUT2D eigenvalue weighted by atomic mass is 10.1. The van der Waals surface area contributed by atoms with Gasteiger partial charge in [-0.05, 0) is 44.4 Å². The Labute approximate surface area is 152 Å². The fourth-order valence-corrected chi connectivity index (χ4v) is 2.91. The molecule has 0 saturated heterocycles. The van der Waals surface area contributed by atoms with Crippen molar-refractivity contribution in [2.45, 2.75) is 33.6 Å². The highest BCUT2D eigenvalue weighted by Gasteiger charge is 2.12. The van der Waals surface area contributed by atoms with Gasteiger partial charge in [0.25, 0.3) is 5.78 Å². The average molecular weight is 353 g/mol. The first-order chi connectivity index (χ1) is 12.6. The molecule has 1 aromatic carbocycles. The maximum absolute atomic E-state index is 12.1. The van der Waals surface area contributed by atoms with Crippen molar-refractivity contribution in [3.8, 4) is 5.75 Å². The lowest BCUT2D eigenvalue weighted by molar-refractivity contribution is -0.121. The van der Waals surface area contributed by atoms with Gasteiger partial charge in [-0.1, -0.05) is 18.2 Å². The fourth-order valence-electron chi connectivity index (χ4n) is 2.91. The van der Waals surface area contributed by atoms with E-state index in [0.29, 0.717) is 31.8 Å². The van der Waals surface area contributed by atoms with Crippen LogP contribution in [0.4, 0.5) is 0 Å². The summed E-state index contributed by atoms with van der Waals surface area (Å²) in [5, 5.41) is 7.06. The van der Waals surface area contributed by atoms with E-state index in [1.54, 1.807) is 4.52 Å². The molecule has 2 heterocycles. The van der Waals surface area contributed by atoms with Crippen molar-refractivity contribution >= 4 is 11.7 Å². The summed E-state index contributed by atoms with van der Waals surface area (Å²) < 4.78 is 7.39. The standard InChI is InChI=1S/C19H23N5O2/c1-13-6-4-5-7-17(13)26-11-10-20-18(25)9-8-16-14(2)23-19-21-12-22-24(19)15(16)3/h4-7,12H,8-11H2,1-3H3,(H,20,25). The number of ether oxygens (including phenoxy) is 1. The first-order valence-electron chi connectivity index (χ1n) is 8.67. The average Bonchev–Trinajstić information content (AvgIpc) is 3.08. The number of nitrogens with zero attached hydrogens (tertiary/aromatic N) is 4. The molecule has 7 heteroatoms. The number of aryl methyl sites for hydroxylation is 3. The largest absolute Gasteiger partial charge is 0.491 e. The predicted octanol–water partition coefficient (Wildman–Crippen LogP) is 2.18. The van der Waals surface area contributed by atoms with Crippen LogP contribution in [0.1, 0.15) is 28.9 Å². The molecule has 1 N–H and O–H groups in total. The summed E-state index contributed by atoms with van der Waals surface area (Å²) in [6.07, 6.45) is 2.50. The first kappa shape index (κ1) is 17.8. The monoisotopic (exact) mass is 353 g/mol. The van der Waals surface area contributed by atoms with Gasteiger partial charge >= 0.3 is 0 Å². The Morgan fingerprint density at radius 2 is 2.04 bits per heavy atom. The minimum absolute atomic E-state index is 0.00382. The number of para-hydroxylation sites is 1. The molecule has 0 radical (unpaired) electrons. The molecular formula is C19H23N5O2. The van der Waals surface area contributed by atoms with Gasteiger partial charge in [-0.3, -0.25) is 4.79 Å². The zero-order valence-electron chi connectivity index (χ0n) is 15.3. The molecule has 7 nitrogen and oxygen atoms in total. The number of amides is 1. The number of rotatable bonds is 7. The fraction of sp³-hybridized carbons (Fsp3) is 0.368. The third-order valence-electron chi connectivity index (χ3n) is 4.37. The number of benzene rings is 1. The highest BCUT2D eigenvalue weighted by atomic mass is 16.5. The maximum Gasteiger partial charge on any atom is 0.252 e. The molecule has 0 fully saturated rings. The molecule has 0 unspecified atom stereocenters. The second kappa shape index (κ2) is 7.95. The minimum atomic E-state index is -0.00382. The Kier molecular flexibility index (Phi) is 5.46. The SMILES string of the molecule is Cc1ccccc1OCCNC(=O)CCc1c(C)nc2ncnn2c1C. The van der Waals surface area contributed by atoms with Gasteiger partial charge in [0, 0.05) is 17.8 Å². The topological polar surface area (TPSA) is 81.4 Å². The predicted molar refractivity (Wildman–Crippen MR) is 98.3 cm³/mol. The van der Waals surface area contributed by atoms with E-state index in [1.807, 2.05) is 45.0 Å². The lowest BCUT2D eigenvalue weighted by Gasteiger charge is -2.11. The third-order valence-corrected chi connectivity index (χ3v) is 4.37. The van der Waals surface area contributed by atoms with Crippen LogP contribution in [-0.2, 0) is 11.2 Å². The van der Waals surface area contributed by atoms with E-state index in [-0.39, 0.29) is 5.91 Å². The number of carbonyl (C=O) groups is 1. The molecule has 2 aromatic heterocycles. The van der Waals surface area contributed by atoms with Crippen LogP contribution in [0.15, 0.2) is 30.6 Å². The van der Waals surface area contributed by atoms with Crippen LogP contribution >= 0.6 is 0 Å². The molecule has 1 amide bonds. The van der Waals surface area contributed by atoms with E-state index < -0.39 is 0 Å². The van der Waals surface area contributed by atoms with Crippen LogP contribution in [-0.4, -0.2) is 38.6 Å². The number of hydrogen-bond donors (Lipinski definition) is 1. The molecule has 0 aliphatic carbocycles. The molecule has 0 aliphatic rings. The van der Waals surface area contributed by atoms with Crippen LogP contribution in [0.3, 0.4) is 0 Å². The molecular weight excluding hydrogens is 330 g/mol. The van der Waals surface area contributed by atoms with Crippen molar-refractivity contribution in [1.82, 2.24) is 24.9 Å². The molecule has 0 aliphatic heterocycles. The summed E-state index contributed by atoms with van der Waals surface area (Å²) in [5.74, 6) is 1.43. The summed E-state index contributed by atoms with van der Waals surface area (Å²) in [5.41, 5.74) is 3.98. The Balaban J connectivity index is 1.48. The summed E-state index contributed by atoms with van der Waals surface area (Å²) in [7, 11) is 0. The van der Waals surface area contributed by atoms with E-state index in [0.717, 1.165) is 28.3 Å². The number of hydrogen-bond acceptors (Lipinski definition) is 5. The van der Waals surface area contributed by atoms with Crippen molar-refractivity contribution < 1.29 is 9.53 Å². The minimum Gasteiger partial charge on any atom is -0.491 e. The van der Waals surface area contributed by atoms with Crippen LogP contribution in [0.25, 0.3) is 5.78 Å². The Morgan fingerprint density at radius 1 is 1.23 bits per heavy atom. The van der Waals surface area contributed by atoms with Gasteiger partial charge in [0.05, 0.1) is 6.54 Å². The highest BCUT2D eigenvalue weighted by molar-refractivity contribution is 5.76. The molecule has 3 aromatic rings. The van der Waals surface area contributed by atoms with Gasteiger partial charge in [-0.25, -0.2) is 9.50 Å². The van der Waals surface area contributed by atoms with Crippen LogP contribution in [0.2, 0.25) is 0 Å². The summed E-state index contributed by atoms with van der Waals surface area (Å²) in [4.78, 5) is 20.6. The van der Waals surface area contributed by atoms with Crippen molar-refractivity contribution in [3.63, 3.8) is 0 Å². The normalized spacial score (nSPS) is 10.9. The Hall–Kier alpha value is -2.96. The molecule has 0 spiro atoms. The lowest BCUT2D eigenvalue weighted by Crippen LogP contribution is -2.28. The number of nitrogens with one attached hydrogen (secondary N) is 1. The molecule has 3 rings (SSSR count). The van der Waals surface area contributed by atoms with Crippen molar-refractivity contribution in [2.24, 2.45) is 0 Å². The van der Waals surface area contributed by atoms with Crippen LogP contribution in [0.5, 0.6) is 5.75 Å². The van der Waals surface area contributed by atoms with E-state index >= 15 is 0 Å². The van der Waals surface area contributed by atoms with Gasteiger partial charge in [0.2, 0.25) is 5.91 Å².